The standard InChI is InChI=1S/C13H16N2O2S/c16-11-3-1-5-15(8-11)7-10-9-18-13(14-10)12-4-2-6-17-12/h2,4,6,9,11,16H,1,3,5,7-8H2/t11-/m0/s1. The number of hydrogen-bond donors (Lipinski definition) is 1. The molecule has 1 aliphatic heterocycles. The molecule has 3 heterocycles. The maximum absolute atomic E-state index is 9.64. The second-order valence-electron chi connectivity index (χ2n) is 4.65. The Morgan fingerprint density at radius 2 is 2.50 bits per heavy atom. The van der Waals surface area contributed by atoms with Crippen molar-refractivity contribution in [3.8, 4) is 10.8 Å². The fourth-order valence-corrected chi connectivity index (χ4v) is 3.07. The van der Waals surface area contributed by atoms with Crippen LogP contribution in [0.25, 0.3) is 10.8 Å². The van der Waals surface area contributed by atoms with Gasteiger partial charge in [0.1, 0.15) is 0 Å². The summed E-state index contributed by atoms with van der Waals surface area (Å²) in [7, 11) is 0. The topological polar surface area (TPSA) is 49.5 Å². The molecule has 0 aromatic carbocycles. The predicted octanol–water partition coefficient (Wildman–Crippen LogP) is 2.36. The molecule has 96 valence electrons. The lowest BCUT2D eigenvalue weighted by molar-refractivity contribution is 0.0663. The summed E-state index contributed by atoms with van der Waals surface area (Å²) in [6.07, 6.45) is 3.47. The van der Waals surface area contributed by atoms with Crippen molar-refractivity contribution in [2.24, 2.45) is 0 Å². The molecule has 1 atom stereocenters. The SMILES string of the molecule is O[C@H]1CCCN(Cc2csc(-c3ccco3)n2)C1. The van der Waals surface area contributed by atoms with Crippen LogP contribution < -0.4 is 0 Å². The highest BCUT2D eigenvalue weighted by molar-refractivity contribution is 7.13. The molecule has 0 radical (unpaired) electrons. The summed E-state index contributed by atoms with van der Waals surface area (Å²) in [6.45, 7) is 2.62. The third-order valence-electron chi connectivity index (χ3n) is 3.15. The lowest BCUT2D eigenvalue weighted by Crippen LogP contribution is -2.37. The van der Waals surface area contributed by atoms with Gasteiger partial charge in [-0.25, -0.2) is 4.98 Å². The van der Waals surface area contributed by atoms with Crippen LogP contribution in [0.15, 0.2) is 28.2 Å². The van der Waals surface area contributed by atoms with Crippen molar-refractivity contribution in [1.29, 1.82) is 0 Å². The lowest BCUT2D eigenvalue weighted by Gasteiger charge is -2.29. The molecule has 1 aliphatic rings. The van der Waals surface area contributed by atoms with Gasteiger partial charge in [-0.2, -0.15) is 0 Å². The van der Waals surface area contributed by atoms with Crippen molar-refractivity contribution in [1.82, 2.24) is 9.88 Å². The van der Waals surface area contributed by atoms with Gasteiger partial charge in [0.15, 0.2) is 10.8 Å². The monoisotopic (exact) mass is 264 g/mol. The van der Waals surface area contributed by atoms with Crippen molar-refractivity contribution in [2.75, 3.05) is 13.1 Å². The Hall–Kier alpha value is -1.17. The molecule has 3 rings (SSSR count). The summed E-state index contributed by atoms with van der Waals surface area (Å²) < 4.78 is 5.33. The van der Waals surface area contributed by atoms with Crippen LogP contribution in [0.3, 0.4) is 0 Å². The summed E-state index contributed by atoms with van der Waals surface area (Å²) >= 11 is 1.60. The number of rotatable bonds is 3. The Balaban J connectivity index is 1.66. The summed E-state index contributed by atoms with van der Waals surface area (Å²) in [6, 6.07) is 3.80. The smallest absolute Gasteiger partial charge is 0.162 e. The van der Waals surface area contributed by atoms with Crippen LogP contribution in [0.2, 0.25) is 0 Å². The van der Waals surface area contributed by atoms with E-state index in [1.807, 2.05) is 12.1 Å². The zero-order chi connectivity index (χ0) is 12.4. The van der Waals surface area contributed by atoms with Crippen molar-refractivity contribution >= 4 is 11.3 Å². The molecule has 0 bridgehead atoms. The molecule has 0 amide bonds. The minimum absolute atomic E-state index is 0.179. The van der Waals surface area contributed by atoms with E-state index in [9.17, 15) is 5.11 Å². The van der Waals surface area contributed by atoms with E-state index in [1.54, 1.807) is 17.6 Å². The third-order valence-corrected chi connectivity index (χ3v) is 4.06. The normalized spacial score (nSPS) is 21.3. The quantitative estimate of drug-likeness (QED) is 0.924. The van der Waals surface area contributed by atoms with Gasteiger partial charge in [0.05, 0.1) is 18.1 Å². The lowest BCUT2D eigenvalue weighted by atomic mass is 10.1. The van der Waals surface area contributed by atoms with E-state index >= 15 is 0 Å². The first kappa shape index (κ1) is 11.9. The minimum atomic E-state index is -0.179. The molecule has 18 heavy (non-hydrogen) atoms. The second-order valence-corrected chi connectivity index (χ2v) is 5.51. The summed E-state index contributed by atoms with van der Waals surface area (Å²) in [5, 5.41) is 12.6. The molecule has 0 aliphatic carbocycles. The number of furan rings is 1. The van der Waals surface area contributed by atoms with Gasteiger partial charge in [-0.3, -0.25) is 4.90 Å². The van der Waals surface area contributed by atoms with Crippen LogP contribution in [0.4, 0.5) is 0 Å². The molecule has 0 unspecified atom stereocenters. The molecule has 4 nitrogen and oxygen atoms in total. The maximum atomic E-state index is 9.64. The Kier molecular flexibility index (Phi) is 3.45. The number of aliphatic hydroxyl groups is 1. The molecule has 0 saturated carbocycles. The highest BCUT2D eigenvalue weighted by Crippen LogP contribution is 2.25. The van der Waals surface area contributed by atoms with E-state index in [2.05, 4.69) is 15.3 Å². The van der Waals surface area contributed by atoms with Crippen molar-refractivity contribution in [2.45, 2.75) is 25.5 Å². The fourth-order valence-electron chi connectivity index (χ4n) is 2.30. The van der Waals surface area contributed by atoms with Crippen molar-refractivity contribution in [3.05, 3.63) is 29.5 Å². The van der Waals surface area contributed by atoms with E-state index < -0.39 is 0 Å². The maximum Gasteiger partial charge on any atom is 0.162 e. The zero-order valence-corrected chi connectivity index (χ0v) is 10.9. The Labute approximate surface area is 110 Å². The van der Waals surface area contributed by atoms with Crippen LogP contribution >= 0.6 is 11.3 Å². The van der Waals surface area contributed by atoms with Crippen LogP contribution in [-0.4, -0.2) is 34.2 Å². The van der Waals surface area contributed by atoms with E-state index in [0.29, 0.717) is 0 Å². The van der Waals surface area contributed by atoms with E-state index in [0.717, 1.165) is 48.9 Å². The van der Waals surface area contributed by atoms with Gasteiger partial charge in [-0.1, -0.05) is 0 Å². The van der Waals surface area contributed by atoms with Gasteiger partial charge in [-0.15, -0.1) is 11.3 Å². The Bertz CT molecular complexity index is 495. The molecule has 2 aromatic rings. The number of thiazole rings is 1. The van der Waals surface area contributed by atoms with E-state index in [1.165, 1.54) is 0 Å². The van der Waals surface area contributed by atoms with Gasteiger partial charge in [0, 0.05) is 18.5 Å². The van der Waals surface area contributed by atoms with Crippen molar-refractivity contribution < 1.29 is 9.52 Å². The van der Waals surface area contributed by atoms with Crippen LogP contribution in [0.1, 0.15) is 18.5 Å². The molecular weight excluding hydrogens is 248 g/mol. The highest BCUT2D eigenvalue weighted by Gasteiger charge is 2.18. The number of hydrogen-bond acceptors (Lipinski definition) is 5. The van der Waals surface area contributed by atoms with Gasteiger partial charge in [0.2, 0.25) is 0 Å². The molecule has 5 heteroatoms. The van der Waals surface area contributed by atoms with Gasteiger partial charge in [0.25, 0.3) is 0 Å². The van der Waals surface area contributed by atoms with E-state index in [4.69, 9.17) is 4.42 Å². The zero-order valence-electron chi connectivity index (χ0n) is 10.1. The molecule has 1 fully saturated rings. The summed E-state index contributed by atoms with van der Waals surface area (Å²) in [4.78, 5) is 6.83. The average Bonchev–Trinajstić information content (AvgIpc) is 2.98. The minimum Gasteiger partial charge on any atom is -0.462 e. The first-order valence-electron chi connectivity index (χ1n) is 6.20. The number of nitrogens with zero attached hydrogens (tertiary/aromatic N) is 2. The van der Waals surface area contributed by atoms with E-state index in [-0.39, 0.29) is 6.10 Å². The largest absolute Gasteiger partial charge is 0.462 e. The summed E-state index contributed by atoms with van der Waals surface area (Å²) in [5.41, 5.74) is 1.06. The summed E-state index contributed by atoms with van der Waals surface area (Å²) in [5.74, 6) is 0.824. The van der Waals surface area contributed by atoms with Gasteiger partial charge < -0.3 is 9.52 Å². The number of likely N-dealkylation sites (tertiary alicyclic amines) is 1. The molecular formula is C13H16N2O2S. The fraction of sp³-hybridized carbons (Fsp3) is 0.462. The first-order chi connectivity index (χ1) is 8.81. The van der Waals surface area contributed by atoms with Crippen LogP contribution in [0, 0.1) is 0 Å². The van der Waals surface area contributed by atoms with Crippen LogP contribution in [0.5, 0.6) is 0 Å². The Morgan fingerprint density at radius 1 is 1.56 bits per heavy atom. The third kappa shape index (κ3) is 2.63. The predicted molar refractivity (Wildman–Crippen MR) is 70.3 cm³/mol. The van der Waals surface area contributed by atoms with Gasteiger partial charge in [-0.05, 0) is 31.5 Å². The number of β-amino-alcohol motifs (C(OH)–C–C–N with tert-alkyl or cyclic N) is 1. The highest BCUT2D eigenvalue weighted by atomic mass is 32.1. The average molecular weight is 264 g/mol. The number of piperidine rings is 1. The molecule has 0 spiro atoms. The van der Waals surface area contributed by atoms with Gasteiger partial charge >= 0.3 is 0 Å². The molecule has 2 aromatic heterocycles. The number of aromatic nitrogens is 1. The molecule has 1 saturated heterocycles. The number of aliphatic hydroxyl groups excluding tert-OH is 1. The first-order valence-corrected chi connectivity index (χ1v) is 7.08. The Morgan fingerprint density at radius 3 is 3.28 bits per heavy atom. The van der Waals surface area contributed by atoms with Crippen molar-refractivity contribution in [3.63, 3.8) is 0 Å². The van der Waals surface area contributed by atoms with Crippen LogP contribution in [-0.2, 0) is 6.54 Å². The molecule has 1 N–H and O–H groups in total. The second kappa shape index (κ2) is 5.22.